The van der Waals surface area contributed by atoms with Crippen molar-refractivity contribution < 1.29 is 21.9 Å². The van der Waals surface area contributed by atoms with Gasteiger partial charge >= 0.3 is 0 Å². The predicted octanol–water partition coefficient (Wildman–Crippen LogP) is -0.122. The standard InChI is InChI=1S/C10H16BrN3O5S3.ClH/c11-8-7-9(21(12,16)17)20-10(8)22(18,19)14-3-1-13(2-4-14)5-6-15;/h7,15H,1-6H2,(H2,12,16,17);1H. The lowest BCUT2D eigenvalue weighted by atomic mass is 10.4. The Morgan fingerprint density at radius 1 is 1.22 bits per heavy atom. The van der Waals surface area contributed by atoms with Gasteiger partial charge < -0.3 is 5.11 Å². The van der Waals surface area contributed by atoms with Gasteiger partial charge in [-0.15, -0.1) is 23.7 Å². The molecular formula is C10H17BrClN3O5S3. The monoisotopic (exact) mass is 469 g/mol. The first-order valence-corrected chi connectivity index (χ1v) is 10.9. The van der Waals surface area contributed by atoms with Crippen LogP contribution in [0.15, 0.2) is 19.0 Å². The Kier molecular flexibility index (Phi) is 7.45. The summed E-state index contributed by atoms with van der Waals surface area (Å²) in [5.74, 6) is 0. The molecule has 0 atom stereocenters. The minimum atomic E-state index is -3.94. The summed E-state index contributed by atoms with van der Waals surface area (Å²) in [6.07, 6.45) is 0. The molecular weight excluding hydrogens is 454 g/mol. The summed E-state index contributed by atoms with van der Waals surface area (Å²) in [6, 6.07) is 1.20. The van der Waals surface area contributed by atoms with Crippen LogP contribution in [-0.4, -0.2) is 70.5 Å². The van der Waals surface area contributed by atoms with E-state index in [9.17, 15) is 16.8 Å². The van der Waals surface area contributed by atoms with Gasteiger partial charge in [-0.25, -0.2) is 22.0 Å². The van der Waals surface area contributed by atoms with Gasteiger partial charge in [0.2, 0.25) is 10.0 Å². The highest BCUT2D eigenvalue weighted by molar-refractivity contribution is 9.10. The number of rotatable bonds is 5. The Morgan fingerprint density at radius 3 is 2.22 bits per heavy atom. The van der Waals surface area contributed by atoms with Gasteiger partial charge in [0, 0.05) is 37.2 Å². The molecule has 13 heteroatoms. The summed E-state index contributed by atoms with van der Waals surface area (Å²) in [5, 5.41) is 13.9. The van der Waals surface area contributed by atoms with Gasteiger partial charge in [0.25, 0.3) is 10.0 Å². The molecule has 1 fully saturated rings. The van der Waals surface area contributed by atoms with Crippen LogP contribution in [0.1, 0.15) is 0 Å². The molecule has 0 bridgehead atoms. The van der Waals surface area contributed by atoms with Gasteiger partial charge in [0.1, 0.15) is 4.21 Å². The molecule has 0 radical (unpaired) electrons. The zero-order valence-corrected chi connectivity index (χ0v) is 16.7. The van der Waals surface area contributed by atoms with E-state index in [-0.39, 0.29) is 45.0 Å². The van der Waals surface area contributed by atoms with Crippen LogP contribution in [0.4, 0.5) is 0 Å². The number of halogens is 2. The van der Waals surface area contributed by atoms with Gasteiger partial charge in [-0.1, -0.05) is 0 Å². The van der Waals surface area contributed by atoms with Crippen LogP contribution >= 0.6 is 39.7 Å². The molecule has 134 valence electrons. The number of hydrogen-bond acceptors (Lipinski definition) is 7. The molecule has 1 aromatic heterocycles. The number of hydrogen-bond donors (Lipinski definition) is 2. The van der Waals surface area contributed by atoms with Crippen molar-refractivity contribution in [3.63, 3.8) is 0 Å². The highest BCUT2D eigenvalue weighted by Gasteiger charge is 2.32. The van der Waals surface area contributed by atoms with Crippen molar-refractivity contribution in [3.8, 4) is 0 Å². The Hall–Kier alpha value is 0.210. The van der Waals surface area contributed by atoms with Crippen LogP contribution in [0.25, 0.3) is 0 Å². The SMILES string of the molecule is Cl.NS(=O)(=O)c1cc(Br)c(S(=O)(=O)N2CCN(CCO)CC2)s1. The molecule has 0 aromatic carbocycles. The predicted molar refractivity (Wildman–Crippen MR) is 92.9 cm³/mol. The number of primary sulfonamides is 1. The van der Waals surface area contributed by atoms with E-state index in [1.807, 2.05) is 4.90 Å². The van der Waals surface area contributed by atoms with Crippen LogP contribution < -0.4 is 5.14 Å². The summed E-state index contributed by atoms with van der Waals surface area (Å²) >= 11 is 3.72. The average molecular weight is 471 g/mol. The second kappa shape index (κ2) is 8.06. The maximum Gasteiger partial charge on any atom is 0.253 e. The summed E-state index contributed by atoms with van der Waals surface area (Å²) < 4.78 is 49.2. The maximum atomic E-state index is 12.6. The fourth-order valence-electron chi connectivity index (χ4n) is 2.10. The van der Waals surface area contributed by atoms with Gasteiger partial charge in [0.05, 0.1) is 6.61 Å². The van der Waals surface area contributed by atoms with Crippen molar-refractivity contribution >= 4 is 59.7 Å². The molecule has 0 spiro atoms. The van der Waals surface area contributed by atoms with Crippen molar-refractivity contribution in [2.24, 2.45) is 5.14 Å². The van der Waals surface area contributed by atoms with Crippen molar-refractivity contribution in [1.29, 1.82) is 0 Å². The van der Waals surface area contributed by atoms with Gasteiger partial charge in [-0.2, -0.15) is 4.31 Å². The molecule has 1 aromatic rings. The minimum Gasteiger partial charge on any atom is -0.395 e. The zero-order chi connectivity index (χ0) is 16.5. The van der Waals surface area contributed by atoms with Crippen molar-refractivity contribution in [2.75, 3.05) is 39.3 Å². The normalized spacial score (nSPS) is 17.9. The highest BCUT2D eigenvalue weighted by atomic mass is 79.9. The Balaban J connectivity index is 0.00000264. The van der Waals surface area contributed by atoms with Crippen LogP contribution in [0.2, 0.25) is 0 Å². The van der Waals surface area contributed by atoms with E-state index >= 15 is 0 Å². The molecule has 1 aliphatic heterocycles. The molecule has 23 heavy (non-hydrogen) atoms. The third kappa shape index (κ3) is 4.86. The Morgan fingerprint density at radius 2 is 1.78 bits per heavy atom. The van der Waals surface area contributed by atoms with Crippen molar-refractivity contribution in [3.05, 3.63) is 10.5 Å². The van der Waals surface area contributed by atoms with E-state index in [0.29, 0.717) is 31.0 Å². The van der Waals surface area contributed by atoms with E-state index in [0.717, 1.165) is 0 Å². The third-order valence-electron chi connectivity index (χ3n) is 3.23. The van der Waals surface area contributed by atoms with Crippen molar-refractivity contribution in [1.82, 2.24) is 9.21 Å². The quantitative estimate of drug-likeness (QED) is 0.619. The van der Waals surface area contributed by atoms with E-state index < -0.39 is 20.0 Å². The second-order valence-corrected chi connectivity index (χ2v) is 10.5. The molecule has 2 rings (SSSR count). The molecule has 2 heterocycles. The van der Waals surface area contributed by atoms with E-state index in [4.69, 9.17) is 10.2 Å². The van der Waals surface area contributed by atoms with E-state index in [1.54, 1.807) is 0 Å². The number of β-amino-alcohol motifs (C(OH)–C–C–N with tert-alkyl or cyclic N) is 1. The maximum absolute atomic E-state index is 12.6. The molecule has 8 nitrogen and oxygen atoms in total. The smallest absolute Gasteiger partial charge is 0.253 e. The van der Waals surface area contributed by atoms with Gasteiger partial charge in [-0.05, 0) is 22.0 Å². The Bertz CT molecular complexity index is 744. The first kappa shape index (κ1) is 21.3. The molecule has 3 N–H and O–H groups in total. The van der Waals surface area contributed by atoms with Crippen LogP contribution in [0.3, 0.4) is 0 Å². The largest absolute Gasteiger partial charge is 0.395 e. The molecule has 0 amide bonds. The minimum absolute atomic E-state index is 0. The molecule has 0 saturated carbocycles. The fourth-order valence-corrected chi connectivity index (χ4v) is 7.35. The lowest BCUT2D eigenvalue weighted by Gasteiger charge is -2.33. The number of thiophene rings is 1. The number of nitrogens with zero attached hydrogens (tertiary/aromatic N) is 2. The van der Waals surface area contributed by atoms with Crippen LogP contribution in [-0.2, 0) is 20.0 Å². The molecule has 0 unspecified atom stereocenters. The van der Waals surface area contributed by atoms with Gasteiger partial charge in [-0.3, -0.25) is 4.90 Å². The lowest BCUT2D eigenvalue weighted by molar-refractivity contribution is 0.151. The molecule has 1 saturated heterocycles. The van der Waals surface area contributed by atoms with E-state index in [1.165, 1.54) is 10.4 Å². The Labute approximate surface area is 153 Å². The molecule has 0 aliphatic carbocycles. The van der Waals surface area contributed by atoms with Gasteiger partial charge in [0.15, 0.2) is 4.21 Å². The number of aliphatic hydroxyl groups is 1. The first-order valence-electron chi connectivity index (χ1n) is 6.32. The van der Waals surface area contributed by atoms with E-state index in [2.05, 4.69) is 15.9 Å². The van der Waals surface area contributed by atoms with Crippen LogP contribution in [0.5, 0.6) is 0 Å². The zero-order valence-electron chi connectivity index (χ0n) is 11.9. The summed E-state index contributed by atoms with van der Waals surface area (Å²) in [7, 11) is -7.72. The fraction of sp³-hybridized carbons (Fsp3) is 0.600. The highest BCUT2D eigenvalue weighted by Crippen LogP contribution is 2.35. The topological polar surface area (TPSA) is 121 Å². The molecule has 1 aliphatic rings. The number of nitrogens with two attached hydrogens (primary N) is 1. The van der Waals surface area contributed by atoms with Crippen LogP contribution in [0, 0.1) is 0 Å². The summed E-state index contributed by atoms with van der Waals surface area (Å²) in [4.78, 5) is 1.96. The number of aliphatic hydroxyl groups excluding tert-OH is 1. The number of piperazine rings is 1. The first-order chi connectivity index (χ1) is 10.2. The second-order valence-electron chi connectivity index (χ2n) is 4.72. The number of sulfonamides is 2. The summed E-state index contributed by atoms with van der Waals surface area (Å²) in [6.45, 7) is 2.15. The lowest BCUT2D eigenvalue weighted by Crippen LogP contribution is -2.49. The average Bonchev–Trinajstić information content (AvgIpc) is 2.82. The third-order valence-corrected chi connectivity index (χ3v) is 9.35. The van der Waals surface area contributed by atoms with Crippen molar-refractivity contribution in [2.45, 2.75) is 8.42 Å². The summed E-state index contributed by atoms with van der Waals surface area (Å²) in [5.41, 5.74) is 0.